The molecular formula is C17H25N3O3. The van der Waals surface area contributed by atoms with E-state index in [9.17, 15) is 9.59 Å². The highest BCUT2D eigenvalue weighted by Crippen LogP contribution is 2.11. The number of methoxy groups -OCH3 is 1. The molecule has 2 amide bonds. The van der Waals surface area contributed by atoms with Crippen LogP contribution in [-0.4, -0.2) is 67.6 Å². The van der Waals surface area contributed by atoms with Crippen molar-refractivity contribution in [1.29, 1.82) is 0 Å². The third-order valence-electron chi connectivity index (χ3n) is 4.21. The lowest BCUT2D eigenvalue weighted by Gasteiger charge is -2.36. The van der Waals surface area contributed by atoms with Crippen LogP contribution in [0.2, 0.25) is 0 Å². The van der Waals surface area contributed by atoms with Gasteiger partial charge in [-0.1, -0.05) is 24.3 Å². The Bertz CT molecular complexity index is 554. The topological polar surface area (TPSA) is 75.9 Å². The molecule has 0 aromatic heterocycles. The van der Waals surface area contributed by atoms with Crippen LogP contribution < -0.4 is 5.73 Å². The molecule has 0 spiro atoms. The van der Waals surface area contributed by atoms with Gasteiger partial charge in [-0.2, -0.15) is 0 Å². The maximum atomic E-state index is 12.4. The molecule has 6 nitrogen and oxygen atoms in total. The van der Waals surface area contributed by atoms with Crippen molar-refractivity contribution in [3.05, 3.63) is 35.4 Å². The van der Waals surface area contributed by atoms with Gasteiger partial charge < -0.3 is 20.3 Å². The number of amides is 2. The molecule has 1 heterocycles. The molecule has 1 saturated heterocycles. The number of benzene rings is 1. The zero-order chi connectivity index (χ0) is 16.8. The molecule has 1 aromatic rings. The molecule has 0 radical (unpaired) electrons. The average Bonchev–Trinajstić information content (AvgIpc) is 2.56. The van der Waals surface area contributed by atoms with Gasteiger partial charge >= 0.3 is 0 Å². The van der Waals surface area contributed by atoms with Crippen molar-refractivity contribution >= 4 is 11.8 Å². The van der Waals surface area contributed by atoms with Gasteiger partial charge in [-0.3, -0.25) is 9.59 Å². The van der Waals surface area contributed by atoms with Crippen molar-refractivity contribution in [2.24, 2.45) is 5.73 Å². The molecule has 1 atom stereocenters. The average molecular weight is 319 g/mol. The van der Waals surface area contributed by atoms with Crippen LogP contribution in [0.25, 0.3) is 0 Å². The molecule has 126 valence electrons. The van der Waals surface area contributed by atoms with E-state index in [1.807, 2.05) is 36.1 Å². The Morgan fingerprint density at radius 3 is 2.39 bits per heavy atom. The molecule has 0 bridgehead atoms. The van der Waals surface area contributed by atoms with Gasteiger partial charge in [0.05, 0.1) is 13.0 Å². The number of aryl methyl sites for hydroxylation is 1. The molecule has 6 heteroatoms. The summed E-state index contributed by atoms with van der Waals surface area (Å²) in [7, 11) is 1.52. The Morgan fingerprint density at radius 1 is 1.17 bits per heavy atom. The fourth-order valence-electron chi connectivity index (χ4n) is 2.74. The van der Waals surface area contributed by atoms with E-state index < -0.39 is 6.04 Å². The van der Waals surface area contributed by atoms with Crippen LogP contribution in [0.15, 0.2) is 24.3 Å². The highest BCUT2D eigenvalue weighted by Gasteiger charge is 2.27. The smallest absolute Gasteiger partial charge is 0.241 e. The summed E-state index contributed by atoms with van der Waals surface area (Å²) in [4.78, 5) is 28.1. The minimum absolute atomic E-state index is 0.104. The van der Waals surface area contributed by atoms with Crippen LogP contribution in [0.5, 0.6) is 0 Å². The van der Waals surface area contributed by atoms with Crippen molar-refractivity contribution in [3.63, 3.8) is 0 Å². The van der Waals surface area contributed by atoms with Crippen LogP contribution in [0.4, 0.5) is 0 Å². The molecule has 1 fully saturated rings. The Kier molecular flexibility index (Phi) is 6.12. The number of nitrogens with zero attached hydrogens (tertiary/aromatic N) is 2. The Hall–Kier alpha value is -1.92. The van der Waals surface area contributed by atoms with Crippen LogP contribution in [-0.2, 0) is 20.7 Å². The first-order chi connectivity index (χ1) is 11.0. The lowest BCUT2D eigenvalue weighted by molar-refractivity contribution is -0.140. The number of hydrogen-bond donors (Lipinski definition) is 1. The van der Waals surface area contributed by atoms with Crippen LogP contribution in [0.1, 0.15) is 11.1 Å². The molecule has 23 heavy (non-hydrogen) atoms. The highest BCUT2D eigenvalue weighted by atomic mass is 16.5. The predicted octanol–water partition coefficient (Wildman–Crippen LogP) is 0.182. The summed E-state index contributed by atoms with van der Waals surface area (Å²) >= 11 is 0. The van der Waals surface area contributed by atoms with Gasteiger partial charge in [-0.15, -0.1) is 0 Å². The van der Waals surface area contributed by atoms with Crippen molar-refractivity contribution in [3.8, 4) is 0 Å². The summed E-state index contributed by atoms with van der Waals surface area (Å²) in [6.07, 6.45) is 0.407. The summed E-state index contributed by atoms with van der Waals surface area (Å²) in [6.45, 7) is 4.37. The van der Waals surface area contributed by atoms with Crippen molar-refractivity contribution in [2.45, 2.75) is 19.4 Å². The van der Waals surface area contributed by atoms with Crippen molar-refractivity contribution < 1.29 is 14.3 Å². The molecule has 1 unspecified atom stereocenters. The molecule has 0 aliphatic carbocycles. The fourth-order valence-corrected chi connectivity index (χ4v) is 2.74. The van der Waals surface area contributed by atoms with E-state index in [2.05, 4.69) is 0 Å². The number of carbonyl (C=O) groups excluding carboxylic acids is 2. The number of nitrogens with two attached hydrogens (primary N) is 1. The Balaban J connectivity index is 1.85. The number of rotatable bonds is 5. The minimum Gasteiger partial charge on any atom is -0.383 e. The molecule has 1 aliphatic heterocycles. The van der Waals surface area contributed by atoms with Gasteiger partial charge in [0.15, 0.2) is 0 Å². The van der Waals surface area contributed by atoms with E-state index in [1.54, 1.807) is 4.90 Å². The monoisotopic (exact) mass is 319 g/mol. The maximum absolute atomic E-state index is 12.4. The number of ether oxygens (including phenoxy) is 1. The standard InChI is InChI=1S/C17H25N3O3/c1-13-5-3-4-6-14(13)11-16(21)19-7-9-20(10-8-19)17(22)15(18)12-23-2/h3-6,15H,7-12,18H2,1-2H3. The second-order valence-corrected chi connectivity index (χ2v) is 5.87. The van der Waals surface area contributed by atoms with E-state index in [4.69, 9.17) is 10.5 Å². The lowest BCUT2D eigenvalue weighted by Crippen LogP contribution is -2.55. The van der Waals surface area contributed by atoms with E-state index in [-0.39, 0.29) is 18.4 Å². The van der Waals surface area contributed by atoms with Crippen molar-refractivity contribution in [2.75, 3.05) is 39.9 Å². The fraction of sp³-hybridized carbons (Fsp3) is 0.529. The first kappa shape index (κ1) is 17.4. The van der Waals surface area contributed by atoms with Gasteiger partial charge in [0.2, 0.25) is 11.8 Å². The summed E-state index contributed by atoms with van der Waals surface area (Å²) in [5.41, 5.74) is 7.95. The number of piperazine rings is 1. The second kappa shape index (κ2) is 8.08. The van der Waals surface area contributed by atoms with E-state index in [0.717, 1.165) is 11.1 Å². The highest BCUT2D eigenvalue weighted by molar-refractivity contribution is 5.83. The van der Waals surface area contributed by atoms with E-state index in [0.29, 0.717) is 32.6 Å². The maximum Gasteiger partial charge on any atom is 0.241 e. The molecule has 1 aliphatic rings. The molecule has 2 rings (SSSR count). The first-order valence-corrected chi connectivity index (χ1v) is 7.88. The Labute approximate surface area is 137 Å². The first-order valence-electron chi connectivity index (χ1n) is 7.88. The van der Waals surface area contributed by atoms with Gasteiger partial charge in [0.1, 0.15) is 6.04 Å². The van der Waals surface area contributed by atoms with Gasteiger partial charge in [0.25, 0.3) is 0 Å². The van der Waals surface area contributed by atoms with Crippen LogP contribution >= 0.6 is 0 Å². The van der Waals surface area contributed by atoms with E-state index in [1.165, 1.54) is 7.11 Å². The summed E-state index contributed by atoms with van der Waals surface area (Å²) in [5, 5.41) is 0. The summed E-state index contributed by atoms with van der Waals surface area (Å²) < 4.78 is 4.92. The lowest BCUT2D eigenvalue weighted by atomic mass is 10.1. The zero-order valence-corrected chi connectivity index (χ0v) is 13.8. The molecule has 0 saturated carbocycles. The van der Waals surface area contributed by atoms with Gasteiger partial charge in [-0.05, 0) is 18.1 Å². The van der Waals surface area contributed by atoms with Crippen molar-refractivity contribution in [1.82, 2.24) is 9.80 Å². The summed E-state index contributed by atoms with van der Waals surface area (Å²) in [6, 6.07) is 7.28. The zero-order valence-electron chi connectivity index (χ0n) is 13.8. The molecular weight excluding hydrogens is 294 g/mol. The van der Waals surface area contributed by atoms with Crippen LogP contribution in [0.3, 0.4) is 0 Å². The SMILES string of the molecule is COCC(N)C(=O)N1CCN(C(=O)Cc2ccccc2C)CC1. The van der Waals surface area contributed by atoms with Gasteiger partial charge in [-0.25, -0.2) is 0 Å². The quantitative estimate of drug-likeness (QED) is 0.840. The normalized spacial score (nSPS) is 16.3. The minimum atomic E-state index is -0.630. The van der Waals surface area contributed by atoms with E-state index >= 15 is 0 Å². The third kappa shape index (κ3) is 4.53. The van der Waals surface area contributed by atoms with Gasteiger partial charge in [0, 0.05) is 33.3 Å². The van der Waals surface area contributed by atoms with Crippen LogP contribution in [0, 0.1) is 6.92 Å². The number of hydrogen-bond acceptors (Lipinski definition) is 4. The molecule has 1 aromatic carbocycles. The Morgan fingerprint density at radius 2 is 1.78 bits per heavy atom. The molecule has 2 N–H and O–H groups in total. The summed E-state index contributed by atoms with van der Waals surface area (Å²) in [5.74, 6) is -0.00885. The second-order valence-electron chi connectivity index (χ2n) is 5.87. The third-order valence-corrected chi connectivity index (χ3v) is 4.21. The largest absolute Gasteiger partial charge is 0.383 e. The predicted molar refractivity (Wildman–Crippen MR) is 87.9 cm³/mol. The number of carbonyl (C=O) groups is 2.